The van der Waals surface area contributed by atoms with Crippen molar-refractivity contribution in [1.29, 1.82) is 0 Å². The van der Waals surface area contributed by atoms with Crippen molar-refractivity contribution >= 4 is 21.9 Å². The summed E-state index contributed by atoms with van der Waals surface area (Å²) in [4.78, 5) is 11.1. The molecule has 3 heteroatoms. The molecule has 0 spiro atoms. The maximum Gasteiger partial charge on any atom is 0.306 e. The van der Waals surface area contributed by atoms with Gasteiger partial charge in [0, 0.05) is 5.33 Å². The fourth-order valence-electron chi connectivity index (χ4n) is 0.947. The summed E-state index contributed by atoms with van der Waals surface area (Å²) in [7, 11) is 0. The van der Waals surface area contributed by atoms with Crippen molar-refractivity contribution < 1.29 is 9.53 Å². The van der Waals surface area contributed by atoms with Crippen molar-refractivity contribution in [3.05, 3.63) is 0 Å². The highest BCUT2D eigenvalue weighted by Gasteiger charge is 2.21. The minimum atomic E-state index is -0.0940. The Morgan fingerprint density at radius 1 is 1.50 bits per heavy atom. The van der Waals surface area contributed by atoms with E-state index >= 15 is 0 Å². The SMILES string of the molecule is CCOC(=O)CC(C)(C)CCBr. The standard InChI is InChI=1S/C9H17BrO2/c1-4-12-8(11)7-9(2,3)5-6-10/h4-7H2,1-3H3. The molecule has 12 heavy (non-hydrogen) atoms. The molecule has 0 radical (unpaired) electrons. The van der Waals surface area contributed by atoms with Gasteiger partial charge in [-0.1, -0.05) is 29.8 Å². The van der Waals surface area contributed by atoms with Crippen LogP contribution in [0.1, 0.15) is 33.6 Å². The zero-order valence-electron chi connectivity index (χ0n) is 8.02. The number of halogens is 1. The lowest BCUT2D eigenvalue weighted by atomic mass is 9.87. The number of hydrogen-bond acceptors (Lipinski definition) is 2. The zero-order chi connectivity index (χ0) is 9.61. The molecule has 0 saturated heterocycles. The summed E-state index contributed by atoms with van der Waals surface area (Å²) < 4.78 is 4.87. The topological polar surface area (TPSA) is 26.3 Å². The van der Waals surface area contributed by atoms with Crippen LogP contribution in [-0.4, -0.2) is 17.9 Å². The van der Waals surface area contributed by atoms with Crippen molar-refractivity contribution in [2.75, 3.05) is 11.9 Å². The van der Waals surface area contributed by atoms with Crippen LogP contribution in [-0.2, 0) is 9.53 Å². The Morgan fingerprint density at radius 3 is 2.50 bits per heavy atom. The first-order valence-electron chi connectivity index (χ1n) is 4.23. The molecule has 0 aromatic carbocycles. The van der Waals surface area contributed by atoms with Crippen LogP contribution >= 0.6 is 15.9 Å². The molecule has 0 heterocycles. The maximum absolute atomic E-state index is 11.1. The first-order valence-corrected chi connectivity index (χ1v) is 5.35. The van der Waals surface area contributed by atoms with E-state index in [0.29, 0.717) is 13.0 Å². The van der Waals surface area contributed by atoms with Gasteiger partial charge in [0.05, 0.1) is 13.0 Å². The Bertz CT molecular complexity index is 143. The number of carbonyl (C=O) groups is 1. The quantitative estimate of drug-likeness (QED) is 0.542. The summed E-state index contributed by atoms with van der Waals surface area (Å²) >= 11 is 3.36. The summed E-state index contributed by atoms with van der Waals surface area (Å²) in [6.07, 6.45) is 1.50. The average molecular weight is 237 g/mol. The van der Waals surface area contributed by atoms with Crippen LogP contribution in [0.3, 0.4) is 0 Å². The van der Waals surface area contributed by atoms with Crippen LogP contribution in [0.15, 0.2) is 0 Å². The molecule has 0 aliphatic heterocycles. The van der Waals surface area contributed by atoms with Gasteiger partial charge in [-0.25, -0.2) is 0 Å². The molecule has 0 rings (SSSR count). The summed E-state index contributed by atoms with van der Waals surface area (Å²) in [6.45, 7) is 6.45. The van der Waals surface area contributed by atoms with E-state index in [0.717, 1.165) is 11.8 Å². The normalized spacial score (nSPS) is 11.3. The lowest BCUT2D eigenvalue weighted by Gasteiger charge is -2.21. The highest BCUT2D eigenvalue weighted by molar-refractivity contribution is 9.09. The van der Waals surface area contributed by atoms with Crippen LogP contribution in [0.5, 0.6) is 0 Å². The molecule has 0 amide bonds. The predicted molar refractivity (Wildman–Crippen MR) is 53.4 cm³/mol. The number of ether oxygens (including phenoxy) is 1. The minimum absolute atomic E-state index is 0.0513. The van der Waals surface area contributed by atoms with Crippen molar-refractivity contribution in [3.63, 3.8) is 0 Å². The van der Waals surface area contributed by atoms with Crippen molar-refractivity contribution in [3.8, 4) is 0 Å². The average Bonchev–Trinajstić information content (AvgIpc) is 1.85. The molecular formula is C9H17BrO2. The summed E-state index contributed by atoms with van der Waals surface area (Å²) in [6, 6.07) is 0. The van der Waals surface area contributed by atoms with Gasteiger partial charge in [0.1, 0.15) is 0 Å². The molecule has 2 nitrogen and oxygen atoms in total. The van der Waals surface area contributed by atoms with Crippen LogP contribution < -0.4 is 0 Å². The molecule has 0 bridgehead atoms. The number of esters is 1. The van der Waals surface area contributed by atoms with Crippen molar-refractivity contribution in [1.82, 2.24) is 0 Å². The molecule has 0 atom stereocenters. The van der Waals surface area contributed by atoms with E-state index in [2.05, 4.69) is 29.8 Å². The van der Waals surface area contributed by atoms with Gasteiger partial charge in [0.15, 0.2) is 0 Å². The first-order chi connectivity index (χ1) is 5.52. The highest BCUT2D eigenvalue weighted by Crippen LogP contribution is 2.26. The summed E-state index contributed by atoms with van der Waals surface area (Å²) in [5.41, 5.74) is 0.0513. The fourth-order valence-corrected chi connectivity index (χ4v) is 2.02. The smallest absolute Gasteiger partial charge is 0.306 e. The van der Waals surface area contributed by atoms with Gasteiger partial charge in [-0.3, -0.25) is 4.79 Å². The lowest BCUT2D eigenvalue weighted by molar-refractivity contribution is -0.145. The second-order valence-electron chi connectivity index (χ2n) is 3.58. The van der Waals surface area contributed by atoms with E-state index in [1.165, 1.54) is 0 Å². The fraction of sp³-hybridized carbons (Fsp3) is 0.889. The summed E-state index contributed by atoms with van der Waals surface area (Å²) in [5, 5.41) is 0.930. The van der Waals surface area contributed by atoms with Gasteiger partial charge < -0.3 is 4.74 Å². The third kappa shape index (κ3) is 5.58. The molecule has 0 aromatic rings. The second-order valence-corrected chi connectivity index (χ2v) is 4.38. The monoisotopic (exact) mass is 236 g/mol. The molecule has 0 fully saturated rings. The summed E-state index contributed by atoms with van der Waals surface area (Å²) in [5.74, 6) is -0.0940. The maximum atomic E-state index is 11.1. The molecule has 72 valence electrons. The minimum Gasteiger partial charge on any atom is -0.466 e. The third-order valence-electron chi connectivity index (χ3n) is 1.70. The lowest BCUT2D eigenvalue weighted by Crippen LogP contribution is -2.19. The molecule has 0 aromatic heterocycles. The van der Waals surface area contributed by atoms with Gasteiger partial charge in [0.25, 0.3) is 0 Å². The van der Waals surface area contributed by atoms with E-state index < -0.39 is 0 Å². The van der Waals surface area contributed by atoms with E-state index in [4.69, 9.17) is 4.74 Å². The predicted octanol–water partition coefficient (Wildman–Crippen LogP) is 2.75. The molecule has 0 unspecified atom stereocenters. The van der Waals surface area contributed by atoms with E-state index in [1.54, 1.807) is 0 Å². The number of carbonyl (C=O) groups excluding carboxylic acids is 1. The number of hydrogen-bond donors (Lipinski definition) is 0. The number of rotatable bonds is 5. The Hall–Kier alpha value is -0.0500. The Kier molecular flexibility index (Phi) is 5.55. The van der Waals surface area contributed by atoms with E-state index in [9.17, 15) is 4.79 Å². The highest BCUT2D eigenvalue weighted by atomic mass is 79.9. The molecule has 0 N–H and O–H groups in total. The van der Waals surface area contributed by atoms with E-state index in [-0.39, 0.29) is 11.4 Å². The van der Waals surface area contributed by atoms with E-state index in [1.807, 2.05) is 6.92 Å². The van der Waals surface area contributed by atoms with Crippen LogP contribution in [0.25, 0.3) is 0 Å². The zero-order valence-corrected chi connectivity index (χ0v) is 9.61. The largest absolute Gasteiger partial charge is 0.466 e. The molecule has 0 saturated carbocycles. The first kappa shape index (κ1) is 11.9. The van der Waals surface area contributed by atoms with Gasteiger partial charge in [0.2, 0.25) is 0 Å². The Labute approximate surface area is 82.8 Å². The van der Waals surface area contributed by atoms with Crippen LogP contribution in [0.2, 0.25) is 0 Å². The van der Waals surface area contributed by atoms with Crippen LogP contribution in [0.4, 0.5) is 0 Å². The molecular weight excluding hydrogens is 220 g/mol. The third-order valence-corrected chi connectivity index (χ3v) is 2.10. The van der Waals surface area contributed by atoms with Crippen molar-refractivity contribution in [2.24, 2.45) is 5.41 Å². The Balaban J connectivity index is 3.79. The number of alkyl halides is 1. The van der Waals surface area contributed by atoms with Crippen LogP contribution in [0, 0.1) is 5.41 Å². The Morgan fingerprint density at radius 2 is 2.08 bits per heavy atom. The van der Waals surface area contributed by atoms with Gasteiger partial charge in [-0.2, -0.15) is 0 Å². The molecule has 0 aliphatic carbocycles. The van der Waals surface area contributed by atoms with Gasteiger partial charge in [-0.05, 0) is 18.8 Å². The van der Waals surface area contributed by atoms with Gasteiger partial charge in [-0.15, -0.1) is 0 Å². The molecule has 0 aliphatic rings. The van der Waals surface area contributed by atoms with Gasteiger partial charge >= 0.3 is 5.97 Å². The van der Waals surface area contributed by atoms with Crippen molar-refractivity contribution in [2.45, 2.75) is 33.6 Å². The second kappa shape index (κ2) is 5.57.